The number of ether oxygens (including phenoxy) is 2. The maximum Gasteiger partial charge on any atom is 0.408 e. The fourth-order valence-corrected chi connectivity index (χ4v) is 3.12. The van der Waals surface area contributed by atoms with Gasteiger partial charge in [0.25, 0.3) is 5.91 Å². The molecule has 2 fully saturated rings. The van der Waals surface area contributed by atoms with Crippen molar-refractivity contribution in [1.82, 2.24) is 15.5 Å². The number of esters is 1. The molecule has 2 aliphatic heterocycles. The molecule has 2 heterocycles. The summed E-state index contributed by atoms with van der Waals surface area (Å²) in [7, 11) is 0. The Labute approximate surface area is 167 Å². The number of cyclic esters (lactones) is 1. The summed E-state index contributed by atoms with van der Waals surface area (Å²) in [5, 5.41) is 4.55. The van der Waals surface area contributed by atoms with E-state index in [1.807, 2.05) is 0 Å². The summed E-state index contributed by atoms with van der Waals surface area (Å²) in [5.74, 6) is -7.15. The van der Waals surface area contributed by atoms with E-state index in [0.717, 1.165) is 4.90 Å². The van der Waals surface area contributed by atoms with E-state index in [4.69, 9.17) is 4.74 Å². The van der Waals surface area contributed by atoms with Gasteiger partial charge in [0, 0.05) is 13.1 Å². The first-order valence-corrected chi connectivity index (χ1v) is 9.48. The van der Waals surface area contributed by atoms with E-state index in [9.17, 15) is 28.0 Å². The van der Waals surface area contributed by atoms with Gasteiger partial charge in [0.05, 0.1) is 12.5 Å². The fraction of sp³-hybridized carbons (Fsp3) is 0.778. The molecule has 0 spiro atoms. The Morgan fingerprint density at radius 1 is 1.21 bits per heavy atom. The van der Waals surface area contributed by atoms with Gasteiger partial charge in [0.15, 0.2) is 6.10 Å². The summed E-state index contributed by atoms with van der Waals surface area (Å²) in [6, 6.07) is -2.52. The number of alkyl halides is 2. The van der Waals surface area contributed by atoms with Gasteiger partial charge in [-0.2, -0.15) is 8.78 Å². The van der Waals surface area contributed by atoms with E-state index >= 15 is 0 Å². The first kappa shape index (κ1) is 22.8. The first-order chi connectivity index (χ1) is 13.3. The Hall–Kier alpha value is -2.46. The maximum atomic E-state index is 14.7. The molecule has 9 nitrogen and oxygen atoms in total. The summed E-state index contributed by atoms with van der Waals surface area (Å²) in [6.45, 7) is 6.68. The molecule has 0 aromatic heterocycles. The van der Waals surface area contributed by atoms with Crippen molar-refractivity contribution < 1.29 is 37.4 Å². The van der Waals surface area contributed by atoms with Crippen LogP contribution in [-0.4, -0.2) is 71.6 Å². The van der Waals surface area contributed by atoms with Crippen molar-refractivity contribution in [1.29, 1.82) is 0 Å². The largest absolute Gasteiger partial charge is 0.453 e. The van der Waals surface area contributed by atoms with E-state index in [1.54, 1.807) is 20.8 Å². The SMILES string of the molecule is C[C@H](NC(=O)OC(C)(C)C)C(=O)N[C@H]1CC(=O)O[C@H]1C(F)(F)C(=O)N1CCCC1. The Morgan fingerprint density at radius 3 is 2.34 bits per heavy atom. The number of nitrogens with one attached hydrogen (secondary N) is 2. The molecule has 0 saturated carbocycles. The van der Waals surface area contributed by atoms with Crippen LogP contribution in [0.25, 0.3) is 0 Å². The van der Waals surface area contributed by atoms with Crippen LogP contribution < -0.4 is 10.6 Å². The average Bonchev–Trinajstić information content (AvgIpc) is 3.22. The molecule has 0 aromatic rings. The highest BCUT2D eigenvalue weighted by molar-refractivity contribution is 5.88. The van der Waals surface area contributed by atoms with Gasteiger partial charge in [0.1, 0.15) is 11.6 Å². The van der Waals surface area contributed by atoms with Crippen LogP contribution in [0, 0.1) is 0 Å². The van der Waals surface area contributed by atoms with Crippen molar-refractivity contribution in [3.8, 4) is 0 Å². The van der Waals surface area contributed by atoms with Crippen molar-refractivity contribution in [3.05, 3.63) is 0 Å². The highest BCUT2D eigenvalue weighted by atomic mass is 19.3. The summed E-state index contributed by atoms with van der Waals surface area (Å²) in [5.41, 5.74) is -0.783. The van der Waals surface area contributed by atoms with Crippen LogP contribution in [0.4, 0.5) is 13.6 Å². The lowest BCUT2D eigenvalue weighted by Gasteiger charge is -2.29. The van der Waals surface area contributed by atoms with E-state index in [2.05, 4.69) is 15.4 Å². The van der Waals surface area contributed by atoms with Gasteiger partial charge in [-0.15, -0.1) is 0 Å². The van der Waals surface area contributed by atoms with Gasteiger partial charge in [0.2, 0.25) is 5.91 Å². The Bertz CT molecular complexity index is 673. The Kier molecular flexibility index (Phi) is 6.69. The molecule has 2 rings (SSSR count). The molecule has 164 valence electrons. The lowest BCUT2D eigenvalue weighted by Crippen LogP contribution is -2.58. The van der Waals surface area contributed by atoms with Gasteiger partial charge < -0.3 is 25.0 Å². The number of alkyl carbamates (subject to hydrolysis) is 1. The number of halogens is 2. The lowest BCUT2D eigenvalue weighted by molar-refractivity contribution is -0.181. The van der Waals surface area contributed by atoms with E-state index in [1.165, 1.54) is 6.92 Å². The Balaban J connectivity index is 2.02. The predicted octanol–water partition coefficient (Wildman–Crippen LogP) is 0.958. The van der Waals surface area contributed by atoms with Crippen LogP contribution in [0.3, 0.4) is 0 Å². The smallest absolute Gasteiger partial charge is 0.408 e. The minimum absolute atomic E-state index is 0.211. The van der Waals surface area contributed by atoms with E-state index in [-0.39, 0.29) is 13.1 Å². The molecule has 0 unspecified atom stereocenters. The monoisotopic (exact) mass is 419 g/mol. The summed E-state index contributed by atoms with van der Waals surface area (Å²) in [4.78, 5) is 48.9. The molecule has 3 amide bonds. The van der Waals surface area contributed by atoms with Crippen molar-refractivity contribution in [2.24, 2.45) is 0 Å². The molecule has 11 heteroatoms. The number of hydrogen-bond acceptors (Lipinski definition) is 6. The van der Waals surface area contributed by atoms with Crippen LogP contribution >= 0.6 is 0 Å². The number of nitrogens with zero attached hydrogens (tertiary/aromatic N) is 1. The standard InChI is InChI=1S/C18H27F2N3O6/c1-10(21-16(27)29-17(2,3)4)14(25)22-11-9-12(24)28-13(11)18(19,20)15(26)23-7-5-6-8-23/h10-11,13H,5-9H2,1-4H3,(H,21,27)(H,22,25)/t10-,11-,13+/m0/s1. The maximum absolute atomic E-state index is 14.7. The number of hydrogen-bond donors (Lipinski definition) is 2. The van der Waals surface area contributed by atoms with Gasteiger partial charge in [-0.25, -0.2) is 4.79 Å². The molecule has 0 bridgehead atoms. The zero-order valence-corrected chi connectivity index (χ0v) is 16.9. The molecular weight excluding hydrogens is 392 g/mol. The molecule has 3 atom stereocenters. The zero-order valence-electron chi connectivity index (χ0n) is 16.9. The van der Waals surface area contributed by atoms with Crippen LogP contribution in [0.2, 0.25) is 0 Å². The molecule has 2 aliphatic rings. The molecule has 2 saturated heterocycles. The topological polar surface area (TPSA) is 114 Å². The highest BCUT2D eigenvalue weighted by Crippen LogP contribution is 2.33. The zero-order chi connectivity index (χ0) is 22.0. The number of rotatable bonds is 5. The summed E-state index contributed by atoms with van der Waals surface area (Å²) in [6.07, 6.45) is -2.22. The van der Waals surface area contributed by atoms with Crippen LogP contribution in [-0.2, 0) is 23.9 Å². The molecular formula is C18H27F2N3O6. The minimum atomic E-state index is -3.98. The molecule has 0 aliphatic carbocycles. The third-order valence-electron chi connectivity index (χ3n) is 4.50. The van der Waals surface area contributed by atoms with Gasteiger partial charge in [-0.05, 0) is 40.5 Å². The lowest BCUT2D eigenvalue weighted by atomic mass is 10.0. The molecule has 29 heavy (non-hydrogen) atoms. The second kappa shape index (κ2) is 8.50. The predicted molar refractivity (Wildman–Crippen MR) is 96.0 cm³/mol. The van der Waals surface area contributed by atoms with Gasteiger partial charge in [-0.1, -0.05) is 0 Å². The fourth-order valence-electron chi connectivity index (χ4n) is 3.12. The summed E-state index contributed by atoms with van der Waals surface area (Å²) >= 11 is 0. The van der Waals surface area contributed by atoms with Crippen molar-refractivity contribution >= 4 is 23.9 Å². The average molecular weight is 419 g/mol. The normalized spacial score (nSPS) is 23.4. The number of carbonyl (C=O) groups excluding carboxylic acids is 4. The second-order valence-corrected chi connectivity index (χ2v) is 8.22. The highest BCUT2D eigenvalue weighted by Gasteiger charge is 2.58. The van der Waals surface area contributed by atoms with Crippen molar-refractivity contribution in [2.75, 3.05) is 13.1 Å². The van der Waals surface area contributed by atoms with Crippen molar-refractivity contribution in [2.45, 2.75) is 76.7 Å². The van der Waals surface area contributed by atoms with E-state index in [0.29, 0.717) is 12.8 Å². The quantitative estimate of drug-likeness (QED) is 0.642. The van der Waals surface area contributed by atoms with Gasteiger partial charge in [-0.3, -0.25) is 14.4 Å². The first-order valence-electron chi connectivity index (χ1n) is 9.48. The molecule has 2 N–H and O–H groups in total. The summed E-state index contributed by atoms with van der Waals surface area (Å²) < 4.78 is 39.2. The minimum Gasteiger partial charge on any atom is -0.453 e. The number of likely N-dealkylation sites (tertiary alicyclic amines) is 1. The van der Waals surface area contributed by atoms with Crippen LogP contribution in [0.15, 0.2) is 0 Å². The van der Waals surface area contributed by atoms with Gasteiger partial charge >= 0.3 is 18.0 Å². The molecule has 0 radical (unpaired) electrons. The van der Waals surface area contributed by atoms with E-state index < -0.39 is 60.0 Å². The number of amides is 3. The van der Waals surface area contributed by atoms with Crippen LogP contribution in [0.5, 0.6) is 0 Å². The third-order valence-corrected chi connectivity index (χ3v) is 4.50. The van der Waals surface area contributed by atoms with Crippen molar-refractivity contribution in [3.63, 3.8) is 0 Å². The molecule has 0 aromatic carbocycles. The third kappa shape index (κ3) is 5.77. The Morgan fingerprint density at radius 2 is 1.79 bits per heavy atom. The van der Waals surface area contributed by atoms with Crippen LogP contribution in [0.1, 0.15) is 47.0 Å². The number of carbonyl (C=O) groups is 4. The second-order valence-electron chi connectivity index (χ2n) is 8.22.